The first-order chi connectivity index (χ1) is 13.3. The normalized spacial score (nSPS) is 16.3. The number of para-hydroxylation sites is 1. The van der Waals surface area contributed by atoms with E-state index < -0.39 is 0 Å². The van der Waals surface area contributed by atoms with Crippen molar-refractivity contribution >= 4 is 16.9 Å². The zero-order chi connectivity index (χ0) is 18.5. The van der Waals surface area contributed by atoms with Gasteiger partial charge in [0.15, 0.2) is 5.58 Å². The van der Waals surface area contributed by atoms with Crippen molar-refractivity contribution in [2.75, 3.05) is 32.8 Å². The first-order valence-corrected chi connectivity index (χ1v) is 9.27. The Morgan fingerprint density at radius 3 is 2.63 bits per heavy atom. The van der Waals surface area contributed by atoms with E-state index in [1.807, 2.05) is 42.5 Å². The van der Waals surface area contributed by atoms with Crippen molar-refractivity contribution in [2.24, 2.45) is 0 Å². The maximum atomic E-state index is 12.7. The molecule has 1 aliphatic rings. The molecule has 1 aliphatic heterocycles. The fourth-order valence-electron chi connectivity index (χ4n) is 3.42. The van der Waals surface area contributed by atoms with Crippen molar-refractivity contribution < 1.29 is 14.1 Å². The van der Waals surface area contributed by atoms with E-state index in [9.17, 15) is 4.79 Å². The highest BCUT2D eigenvalue weighted by Crippen LogP contribution is 2.19. The Bertz CT molecular complexity index is 888. The van der Waals surface area contributed by atoms with Crippen LogP contribution < -0.4 is 5.32 Å². The molecule has 0 bridgehead atoms. The van der Waals surface area contributed by atoms with Crippen LogP contribution in [0.5, 0.6) is 0 Å². The second kappa shape index (κ2) is 8.33. The van der Waals surface area contributed by atoms with E-state index in [2.05, 4.69) is 27.5 Å². The average molecular weight is 365 g/mol. The minimum absolute atomic E-state index is 0.0591. The van der Waals surface area contributed by atoms with Crippen molar-refractivity contribution in [3.63, 3.8) is 0 Å². The summed E-state index contributed by atoms with van der Waals surface area (Å²) in [5.74, 6) is -0.0591. The number of aromatic nitrogens is 1. The van der Waals surface area contributed by atoms with Gasteiger partial charge in [-0.1, -0.05) is 47.6 Å². The van der Waals surface area contributed by atoms with Gasteiger partial charge in [-0.3, -0.25) is 9.69 Å². The molecule has 0 aliphatic carbocycles. The first-order valence-electron chi connectivity index (χ1n) is 9.27. The Morgan fingerprint density at radius 1 is 1.07 bits per heavy atom. The van der Waals surface area contributed by atoms with Gasteiger partial charge in [-0.15, -0.1) is 0 Å². The maximum Gasteiger partial charge on any atom is 0.226 e. The number of morpholine rings is 1. The minimum atomic E-state index is -0.0741. The second-order valence-electron chi connectivity index (χ2n) is 6.75. The summed E-state index contributed by atoms with van der Waals surface area (Å²) in [6.45, 7) is 4.00. The van der Waals surface area contributed by atoms with Gasteiger partial charge in [0.1, 0.15) is 5.69 Å². The van der Waals surface area contributed by atoms with Crippen LogP contribution in [0.3, 0.4) is 0 Å². The number of rotatable bonds is 6. The molecule has 2 heterocycles. The Morgan fingerprint density at radius 2 is 1.81 bits per heavy atom. The number of benzene rings is 2. The summed E-state index contributed by atoms with van der Waals surface area (Å²) in [6.07, 6.45) is 0.198. The number of carbonyl (C=O) groups is 1. The fourth-order valence-corrected chi connectivity index (χ4v) is 3.42. The molecular formula is C21H23N3O3. The third kappa shape index (κ3) is 4.35. The van der Waals surface area contributed by atoms with Crippen molar-refractivity contribution in [2.45, 2.75) is 12.5 Å². The maximum absolute atomic E-state index is 12.7. The molecule has 3 aromatic rings. The summed E-state index contributed by atoms with van der Waals surface area (Å²) in [5.41, 5.74) is 2.47. The standard InChI is InChI=1S/C21H23N3O3/c25-21(14-18-17-8-4-5-9-20(17)27-23-18)22-19(16-6-2-1-3-7-16)15-24-10-12-26-13-11-24/h1-9,19H,10-15H2,(H,22,25)/t19-/m1/s1. The number of nitrogens with zero attached hydrogens (tertiary/aromatic N) is 2. The highest BCUT2D eigenvalue weighted by atomic mass is 16.5. The minimum Gasteiger partial charge on any atom is -0.379 e. The summed E-state index contributed by atoms with van der Waals surface area (Å²) in [6, 6.07) is 17.6. The van der Waals surface area contributed by atoms with Crippen LogP contribution in [0.4, 0.5) is 0 Å². The fraction of sp³-hybridized carbons (Fsp3) is 0.333. The van der Waals surface area contributed by atoms with Gasteiger partial charge in [-0.05, 0) is 17.7 Å². The average Bonchev–Trinajstić information content (AvgIpc) is 3.12. The SMILES string of the molecule is O=C(Cc1noc2ccccc12)N[C@H](CN1CCOCC1)c1ccccc1. The lowest BCUT2D eigenvalue weighted by molar-refractivity contribution is -0.121. The third-order valence-corrected chi connectivity index (χ3v) is 4.86. The Hall–Kier alpha value is -2.70. The number of hydrogen-bond donors (Lipinski definition) is 1. The predicted octanol–water partition coefficient (Wildman–Crippen LogP) is 2.56. The van der Waals surface area contributed by atoms with Crippen molar-refractivity contribution in [3.8, 4) is 0 Å². The molecule has 1 N–H and O–H groups in total. The van der Waals surface area contributed by atoms with Crippen LogP contribution >= 0.6 is 0 Å². The van der Waals surface area contributed by atoms with Gasteiger partial charge in [0.05, 0.1) is 25.7 Å². The molecule has 0 spiro atoms. The van der Waals surface area contributed by atoms with Crippen molar-refractivity contribution in [1.29, 1.82) is 0 Å². The van der Waals surface area contributed by atoms with Crippen LogP contribution in [0.25, 0.3) is 11.0 Å². The number of nitrogens with one attached hydrogen (secondary N) is 1. The van der Waals surface area contributed by atoms with Crippen LogP contribution in [0.2, 0.25) is 0 Å². The lowest BCUT2D eigenvalue weighted by Gasteiger charge is -2.31. The molecule has 2 aromatic carbocycles. The summed E-state index contributed by atoms with van der Waals surface area (Å²) in [7, 11) is 0. The van der Waals surface area contributed by atoms with Gasteiger partial charge in [0.2, 0.25) is 5.91 Å². The summed E-state index contributed by atoms with van der Waals surface area (Å²) in [5, 5.41) is 8.13. The first kappa shape index (κ1) is 17.7. The molecule has 0 unspecified atom stereocenters. The number of ether oxygens (including phenoxy) is 1. The van der Waals surface area contributed by atoms with Crippen molar-refractivity contribution in [3.05, 3.63) is 65.9 Å². The topological polar surface area (TPSA) is 67.6 Å². The third-order valence-electron chi connectivity index (χ3n) is 4.86. The van der Waals surface area contributed by atoms with Gasteiger partial charge in [0.25, 0.3) is 0 Å². The van der Waals surface area contributed by atoms with E-state index in [1.54, 1.807) is 0 Å². The van der Waals surface area contributed by atoms with E-state index in [-0.39, 0.29) is 18.4 Å². The van der Waals surface area contributed by atoms with E-state index in [0.29, 0.717) is 11.3 Å². The number of fused-ring (bicyclic) bond motifs is 1. The molecule has 0 radical (unpaired) electrons. The van der Waals surface area contributed by atoms with Crippen LogP contribution in [-0.2, 0) is 16.0 Å². The Kier molecular flexibility index (Phi) is 5.46. The molecule has 1 amide bonds. The second-order valence-corrected chi connectivity index (χ2v) is 6.75. The van der Waals surface area contributed by atoms with Gasteiger partial charge < -0.3 is 14.6 Å². The van der Waals surface area contributed by atoms with Crippen molar-refractivity contribution in [1.82, 2.24) is 15.4 Å². The lowest BCUT2D eigenvalue weighted by Crippen LogP contribution is -2.43. The Labute approximate surface area is 158 Å². The van der Waals surface area contributed by atoms with Gasteiger partial charge >= 0.3 is 0 Å². The van der Waals surface area contributed by atoms with E-state index in [0.717, 1.165) is 43.8 Å². The molecule has 0 saturated carbocycles. The summed E-state index contributed by atoms with van der Waals surface area (Å²) < 4.78 is 10.7. The highest BCUT2D eigenvalue weighted by molar-refractivity contribution is 5.86. The van der Waals surface area contributed by atoms with Crippen LogP contribution in [-0.4, -0.2) is 48.8 Å². The predicted molar refractivity (Wildman–Crippen MR) is 102 cm³/mol. The molecule has 1 fully saturated rings. The molecule has 27 heavy (non-hydrogen) atoms. The molecule has 140 valence electrons. The quantitative estimate of drug-likeness (QED) is 0.727. The monoisotopic (exact) mass is 365 g/mol. The number of carbonyl (C=O) groups excluding carboxylic acids is 1. The highest BCUT2D eigenvalue weighted by Gasteiger charge is 2.21. The lowest BCUT2D eigenvalue weighted by atomic mass is 10.1. The smallest absolute Gasteiger partial charge is 0.226 e. The summed E-state index contributed by atoms with van der Waals surface area (Å²) >= 11 is 0. The van der Waals surface area contributed by atoms with Gasteiger partial charge in [-0.25, -0.2) is 0 Å². The van der Waals surface area contributed by atoms with E-state index in [4.69, 9.17) is 9.26 Å². The number of hydrogen-bond acceptors (Lipinski definition) is 5. The molecular weight excluding hydrogens is 342 g/mol. The van der Waals surface area contributed by atoms with E-state index in [1.165, 1.54) is 0 Å². The van der Waals surface area contributed by atoms with Crippen LogP contribution in [0.15, 0.2) is 59.1 Å². The largest absolute Gasteiger partial charge is 0.379 e. The summed E-state index contributed by atoms with van der Waals surface area (Å²) in [4.78, 5) is 15.1. The van der Waals surface area contributed by atoms with Crippen LogP contribution in [0, 0.1) is 0 Å². The van der Waals surface area contributed by atoms with Gasteiger partial charge in [0, 0.05) is 25.0 Å². The molecule has 4 rings (SSSR count). The molecule has 1 aromatic heterocycles. The van der Waals surface area contributed by atoms with E-state index >= 15 is 0 Å². The zero-order valence-electron chi connectivity index (χ0n) is 15.1. The Balaban J connectivity index is 1.47. The van der Waals surface area contributed by atoms with Crippen LogP contribution in [0.1, 0.15) is 17.3 Å². The molecule has 1 saturated heterocycles. The molecule has 6 nitrogen and oxygen atoms in total. The van der Waals surface area contributed by atoms with Gasteiger partial charge in [-0.2, -0.15) is 0 Å². The zero-order valence-corrected chi connectivity index (χ0v) is 15.1. The molecule has 1 atom stereocenters. The number of amides is 1. The molecule has 6 heteroatoms.